The van der Waals surface area contributed by atoms with Gasteiger partial charge < -0.3 is 20.1 Å². The van der Waals surface area contributed by atoms with E-state index in [2.05, 4.69) is 15.0 Å². The van der Waals surface area contributed by atoms with Gasteiger partial charge in [0.1, 0.15) is 6.23 Å². The van der Waals surface area contributed by atoms with Crippen molar-refractivity contribution < 1.29 is 23.5 Å². The first-order chi connectivity index (χ1) is 12.9. The number of nitrogens with zero attached hydrogens (tertiary/aromatic N) is 4. The summed E-state index contributed by atoms with van der Waals surface area (Å²) in [6.45, 7) is 1.50. The second-order valence-corrected chi connectivity index (χ2v) is 8.22. The van der Waals surface area contributed by atoms with Crippen LogP contribution in [-0.4, -0.2) is 68.1 Å². The number of aromatic nitrogens is 4. The molecule has 0 bridgehead atoms. The Morgan fingerprint density at radius 3 is 2.96 bits per heavy atom. The van der Waals surface area contributed by atoms with Crippen LogP contribution >= 0.6 is 7.75 Å². The Bertz CT molecular complexity index is 924. The number of nitrogens with one attached hydrogen (secondary N) is 1. The number of nitrogens with two attached hydrogens (primary N) is 1. The highest BCUT2D eigenvalue weighted by Gasteiger charge is 2.34. The van der Waals surface area contributed by atoms with Gasteiger partial charge in [-0.2, -0.15) is 4.98 Å². The Hall–Kier alpha value is -1.82. The van der Waals surface area contributed by atoms with Gasteiger partial charge >= 0.3 is 7.75 Å². The van der Waals surface area contributed by atoms with Crippen LogP contribution < -0.4 is 11.3 Å². The number of hydrogen-bond acceptors (Lipinski definition) is 8. The molecule has 4 rings (SSSR count). The van der Waals surface area contributed by atoms with E-state index in [0.29, 0.717) is 44.8 Å². The van der Waals surface area contributed by atoms with Gasteiger partial charge in [0.25, 0.3) is 5.56 Å². The second-order valence-electron chi connectivity index (χ2n) is 6.42. The van der Waals surface area contributed by atoms with Crippen molar-refractivity contribution >= 4 is 24.9 Å². The van der Waals surface area contributed by atoms with E-state index in [9.17, 15) is 14.3 Å². The van der Waals surface area contributed by atoms with Crippen LogP contribution in [0, 0.1) is 0 Å². The average molecular weight is 400 g/mol. The number of H-pyrrole nitrogens is 1. The Kier molecular flexibility index (Phi) is 5.01. The molecule has 2 saturated heterocycles. The van der Waals surface area contributed by atoms with Crippen LogP contribution in [0.5, 0.6) is 0 Å². The molecule has 3 atom stereocenters. The van der Waals surface area contributed by atoms with Crippen LogP contribution in [0.25, 0.3) is 11.2 Å². The first-order valence-corrected chi connectivity index (χ1v) is 10.2. The zero-order valence-corrected chi connectivity index (χ0v) is 15.4. The maximum Gasteiger partial charge on any atom is 0.405 e. The minimum Gasteiger partial charge on any atom is -0.379 e. The van der Waals surface area contributed by atoms with E-state index >= 15 is 0 Å². The van der Waals surface area contributed by atoms with Gasteiger partial charge in [-0.15, -0.1) is 0 Å². The fraction of sp³-hybridized carbons (Fsp3) is 0.643. The van der Waals surface area contributed by atoms with Crippen molar-refractivity contribution in [2.45, 2.75) is 25.2 Å². The van der Waals surface area contributed by atoms with Gasteiger partial charge in [0.15, 0.2) is 11.2 Å². The molecule has 27 heavy (non-hydrogen) atoms. The molecule has 4 heterocycles. The van der Waals surface area contributed by atoms with Gasteiger partial charge in [0.2, 0.25) is 5.95 Å². The Morgan fingerprint density at radius 1 is 1.41 bits per heavy atom. The number of aromatic amines is 1. The first kappa shape index (κ1) is 18.5. The van der Waals surface area contributed by atoms with Gasteiger partial charge in [-0.25, -0.2) is 14.2 Å². The fourth-order valence-electron chi connectivity index (χ4n) is 3.24. The van der Waals surface area contributed by atoms with E-state index < -0.39 is 19.5 Å². The molecule has 0 radical (unpaired) electrons. The maximum atomic E-state index is 12.4. The Balaban J connectivity index is 1.41. The molecule has 2 aromatic rings. The monoisotopic (exact) mass is 400 g/mol. The molecule has 0 spiro atoms. The molecule has 4 N–H and O–H groups in total. The number of fused-ring (bicyclic) bond motifs is 1. The minimum atomic E-state index is -3.87. The molecule has 0 aliphatic carbocycles. The predicted molar refractivity (Wildman–Crippen MR) is 93.9 cm³/mol. The molecular formula is C14H21N6O6P. The number of anilines is 1. The zero-order chi connectivity index (χ0) is 19.0. The van der Waals surface area contributed by atoms with Crippen LogP contribution in [-0.2, 0) is 18.6 Å². The van der Waals surface area contributed by atoms with E-state index in [1.165, 1.54) is 11.0 Å². The van der Waals surface area contributed by atoms with Crippen LogP contribution in [0.3, 0.4) is 0 Å². The lowest BCUT2D eigenvalue weighted by Crippen LogP contribution is -2.34. The molecule has 2 aliphatic heterocycles. The van der Waals surface area contributed by atoms with E-state index in [0.717, 1.165) is 0 Å². The summed E-state index contributed by atoms with van der Waals surface area (Å²) in [5.74, 6) is -0.00106. The second kappa shape index (κ2) is 7.30. The molecule has 0 aromatic carbocycles. The van der Waals surface area contributed by atoms with Crippen molar-refractivity contribution in [3.63, 3.8) is 0 Å². The summed E-state index contributed by atoms with van der Waals surface area (Å²) in [6, 6.07) is 0. The number of morpholine rings is 1. The van der Waals surface area contributed by atoms with Crippen molar-refractivity contribution in [2.24, 2.45) is 0 Å². The molecule has 1 unspecified atom stereocenters. The lowest BCUT2D eigenvalue weighted by atomic mass is 10.2. The summed E-state index contributed by atoms with van der Waals surface area (Å²) in [5, 5.41) is 0. The molecule has 2 aliphatic rings. The number of ether oxygens (including phenoxy) is 2. The molecule has 2 fully saturated rings. The van der Waals surface area contributed by atoms with Crippen molar-refractivity contribution in [1.29, 1.82) is 0 Å². The van der Waals surface area contributed by atoms with Crippen molar-refractivity contribution in [1.82, 2.24) is 24.2 Å². The van der Waals surface area contributed by atoms with Crippen LogP contribution in [0.4, 0.5) is 5.95 Å². The summed E-state index contributed by atoms with van der Waals surface area (Å²) in [4.78, 5) is 32.6. The molecule has 12 nitrogen and oxygen atoms in total. The number of rotatable bonds is 5. The highest BCUT2D eigenvalue weighted by Crippen LogP contribution is 2.47. The van der Waals surface area contributed by atoms with Crippen molar-refractivity contribution in [2.75, 3.05) is 38.6 Å². The standard InChI is InChI=1S/C14H21N6O6P/c15-14-17-12-11(13(21)18-14)16-8-20(12)10-2-1-9(26-10)7-25-27(22,23)19-3-5-24-6-4-19/h8-10H,1-7H2,(H,22,23)(H3,15,17,18,21)/t9-,10+/m0/s1. The summed E-state index contributed by atoms with van der Waals surface area (Å²) in [7, 11) is -3.87. The summed E-state index contributed by atoms with van der Waals surface area (Å²) in [5.41, 5.74) is 5.71. The quantitative estimate of drug-likeness (QED) is 0.575. The highest BCUT2D eigenvalue weighted by molar-refractivity contribution is 7.50. The van der Waals surface area contributed by atoms with Crippen molar-refractivity contribution in [3.05, 3.63) is 16.7 Å². The first-order valence-electron chi connectivity index (χ1n) is 8.62. The van der Waals surface area contributed by atoms with E-state index in [1.54, 1.807) is 4.57 Å². The molecule has 0 amide bonds. The van der Waals surface area contributed by atoms with Gasteiger partial charge in [-0.1, -0.05) is 0 Å². The van der Waals surface area contributed by atoms with Gasteiger partial charge in [-0.05, 0) is 12.8 Å². The number of imidazole rings is 1. The topological polar surface area (TPSA) is 158 Å². The molecule has 13 heteroatoms. The number of hydrogen-bond donors (Lipinski definition) is 3. The summed E-state index contributed by atoms with van der Waals surface area (Å²) >= 11 is 0. The third-order valence-corrected chi connectivity index (χ3v) is 6.22. The van der Waals surface area contributed by atoms with Crippen LogP contribution in [0.1, 0.15) is 19.1 Å². The molecule has 148 valence electrons. The minimum absolute atomic E-state index is 0.00106. The molecule has 2 aromatic heterocycles. The Labute approximate surface area is 153 Å². The lowest BCUT2D eigenvalue weighted by Gasteiger charge is -2.30. The van der Waals surface area contributed by atoms with Gasteiger partial charge in [0, 0.05) is 13.1 Å². The van der Waals surface area contributed by atoms with Gasteiger partial charge in [-0.3, -0.25) is 18.9 Å². The number of nitrogen functional groups attached to an aromatic ring is 1. The van der Waals surface area contributed by atoms with Crippen LogP contribution in [0.2, 0.25) is 0 Å². The van der Waals surface area contributed by atoms with E-state index in [-0.39, 0.29) is 24.2 Å². The average Bonchev–Trinajstić information content (AvgIpc) is 3.27. The Morgan fingerprint density at radius 2 is 2.19 bits per heavy atom. The highest BCUT2D eigenvalue weighted by atomic mass is 31.2. The van der Waals surface area contributed by atoms with Gasteiger partial charge in [0.05, 0.1) is 32.3 Å². The maximum absolute atomic E-state index is 12.4. The van der Waals surface area contributed by atoms with Crippen LogP contribution in [0.15, 0.2) is 11.1 Å². The summed E-state index contributed by atoms with van der Waals surface area (Å²) in [6.07, 6.45) is 1.98. The van der Waals surface area contributed by atoms with E-state index in [1.807, 2.05) is 0 Å². The van der Waals surface area contributed by atoms with Crippen molar-refractivity contribution in [3.8, 4) is 0 Å². The smallest absolute Gasteiger partial charge is 0.379 e. The lowest BCUT2D eigenvalue weighted by molar-refractivity contribution is -0.0217. The third-order valence-electron chi connectivity index (χ3n) is 4.62. The third kappa shape index (κ3) is 3.77. The summed E-state index contributed by atoms with van der Waals surface area (Å²) < 4.78 is 31.8. The molecular weight excluding hydrogens is 379 g/mol. The SMILES string of the molecule is Nc1nc2c(ncn2[C@H]2CC[C@@H](COP(=O)(O)N3CCOCC3)O2)c(=O)[nH]1. The fourth-order valence-corrected chi connectivity index (χ4v) is 4.43. The molecule has 0 saturated carbocycles. The predicted octanol–water partition coefficient (Wildman–Crippen LogP) is -0.171. The van der Waals surface area contributed by atoms with E-state index in [4.69, 9.17) is 19.7 Å². The zero-order valence-electron chi connectivity index (χ0n) is 14.5. The normalized spacial score (nSPS) is 26.4. The largest absolute Gasteiger partial charge is 0.405 e.